The van der Waals surface area contributed by atoms with Crippen LogP contribution in [0.15, 0.2) is 30.6 Å². The fourth-order valence-electron chi connectivity index (χ4n) is 2.80. The van der Waals surface area contributed by atoms with Crippen LogP contribution in [-0.2, 0) is 16.6 Å². The van der Waals surface area contributed by atoms with Crippen molar-refractivity contribution in [2.45, 2.75) is 18.9 Å². The summed E-state index contributed by atoms with van der Waals surface area (Å²) in [5.41, 5.74) is 7.70. The Bertz CT molecular complexity index is 685. The Morgan fingerprint density at radius 3 is 2.83 bits per heavy atom. The van der Waals surface area contributed by atoms with Crippen LogP contribution in [0.3, 0.4) is 0 Å². The second kappa shape index (κ2) is 8.23. The summed E-state index contributed by atoms with van der Waals surface area (Å²) in [5, 5.41) is 10.8. The lowest BCUT2D eigenvalue weighted by Gasteiger charge is -2.26. The molecule has 1 atom stereocenters. The van der Waals surface area contributed by atoms with Crippen LogP contribution in [0, 0.1) is 5.92 Å². The zero-order valence-electron chi connectivity index (χ0n) is 13.5. The zero-order valence-corrected chi connectivity index (χ0v) is 14.3. The minimum absolute atomic E-state index is 0. The topological polar surface area (TPSA) is 95.1 Å². The molecule has 1 amide bonds. The Morgan fingerprint density at radius 1 is 1.42 bits per heavy atom. The van der Waals surface area contributed by atoms with Crippen molar-refractivity contribution in [3.8, 4) is 11.4 Å². The number of carbonyl (C=O) groups is 1. The Kier molecular flexibility index (Phi) is 6.30. The van der Waals surface area contributed by atoms with E-state index < -0.39 is 6.04 Å². The van der Waals surface area contributed by atoms with Gasteiger partial charge < -0.3 is 20.4 Å². The van der Waals surface area contributed by atoms with Crippen molar-refractivity contribution in [1.29, 1.82) is 0 Å². The van der Waals surface area contributed by atoms with E-state index in [-0.39, 0.29) is 24.2 Å². The summed E-state index contributed by atoms with van der Waals surface area (Å²) < 4.78 is 7.14. The van der Waals surface area contributed by atoms with Gasteiger partial charge in [-0.15, -0.1) is 22.6 Å². The maximum Gasteiger partial charge on any atom is 0.241 e. The summed E-state index contributed by atoms with van der Waals surface area (Å²) in [4.78, 5) is 12.4. The fourth-order valence-corrected chi connectivity index (χ4v) is 2.80. The first-order valence-corrected chi connectivity index (χ1v) is 7.74. The van der Waals surface area contributed by atoms with Crippen molar-refractivity contribution in [3.05, 3.63) is 30.6 Å². The van der Waals surface area contributed by atoms with Gasteiger partial charge in [0.25, 0.3) is 0 Å². The van der Waals surface area contributed by atoms with Gasteiger partial charge in [-0.3, -0.25) is 4.79 Å². The van der Waals surface area contributed by atoms with Gasteiger partial charge in [0.2, 0.25) is 5.91 Å². The highest BCUT2D eigenvalue weighted by atomic mass is 35.5. The summed E-state index contributed by atoms with van der Waals surface area (Å²) in [5.74, 6) is 0.757. The summed E-state index contributed by atoms with van der Waals surface area (Å²) >= 11 is 0. The number of nitrogens with zero attached hydrogens (tertiary/aromatic N) is 3. The quantitative estimate of drug-likeness (QED) is 0.872. The number of hydrogen-bond donors (Lipinski definition) is 2. The van der Waals surface area contributed by atoms with Crippen molar-refractivity contribution in [3.63, 3.8) is 0 Å². The number of aryl methyl sites for hydroxylation is 1. The van der Waals surface area contributed by atoms with E-state index in [4.69, 9.17) is 10.5 Å². The van der Waals surface area contributed by atoms with Gasteiger partial charge in [-0.1, -0.05) is 12.1 Å². The van der Waals surface area contributed by atoms with Crippen molar-refractivity contribution in [1.82, 2.24) is 14.8 Å². The molecule has 1 aliphatic rings. The molecule has 8 heteroatoms. The molecular weight excluding hydrogens is 330 g/mol. The number of ether oxygens (including phenoxy) is 1. The SMILES string of the molecule is Cl.Cn1cnnc1-c1cccc(NC(=O)C(N)C2CCOCC2)c1. The van der Waals surface area contributed by atoms with E-state index in [0.29, 0.717) is 18.9 Å². The minimum Gasteiger partial charge on any atom is -0.381 e. The van der Waals surface area contributed by atoms with E-state index in [2.05, 4.69) is 15.5 Å². The molecule has 0 bridgehead atoms. The van der Waals surface area contributed by atoms with E-state index in [0.717, 1.165) is 24.2 Å². The molecule has 1 unspecified atom stereocenters. The number of hydrogen-bond acceptors (Lipinski definition) is 5. The number of anilines is 1. The van der Waals surface area contributed by atoms with Gasteiger partial charge in [-0.05, 0) is 30.9 Å². The summed E-state index contributed by atoms with van der Waals surface area (Å²) in [6.45, 7) is 1.35. The van der Waals surface area contributed by atoms with Gasteiger partial charge in [0.05, 0.1) is 6.04 Å². The lowest BCUT2D eigenvalue weighted by molar-refractivity contribution is -0.119. The van der Waals surface area contributed by atoms with Gasteiger partial charge in [-0.25, -0.2) is 0 Å². The third-order valence-electron chi connectivity index (χ3n) is 4.18. The van der Waals surface area contributed by atoms with Crippen LogP contribution in [0.25, 0.3) is 11.4 Å². The van der Waals surface area contributed by atoms with Crippen LogP contribution in [0.1, 0.15) is 12.8 Å². The molecule has 2 aromatic rings. The van der Waals surface area contributed by atoms with Crippen LogP contribution in [0.5, 0.6) is 0 Å². The number of aromatic nitrogens is 3. The molecule has 0 aliphatic carbocycles. The second-order valence-corrected chi connectivity index (χ2v) is 5.81. The van der Waals surface area contributed by atoms with Gasteiger partial charge in [0, 0.05) is 31.5 Å². The minimum atomic E-state index is -0.516. The largest absolute Gasteiger partial charge is 0.381 e. The van der Waals surface area contributed by atoms with E-state index in [1.165, 1.54) is 0 Å². The van der Waals surface area contributed by atoms with Crippen LogP contribution in [0.4, 0.5) is 5.69 Å². The Morgan fingerprint density at radius 2 is 2.17 bits per heavy atom. The Hall–Kier alpha value is -1.96. The molecule has 1 aromatic heterocycles. The van der Waals surface area contributed by atoms with Gasteiger partial charge in [0.1, 0.15) is 6.33 Å². The molecule has 7 nitrogen and oxygen atoms in total. The van der Waals surface area contributed by atoms with Crippen LogP contribution < -0.4 is 11.1 Å². The summed E-state index contributed by atoms with van der Waals surface area (Å²) in [7, 11) is 1.88. The maximum atomic E-state index is 12.4. The molecule has 0 saturated carbocycles. The molecule has 0 spiro atoms. The van der Waals surface area contributed by atoms with Crippen molar-refractivity contribution in [2.75, 3.05) is 18.5 Å². The monoisotopic (exact) mass is 351 g/mol. The highest BCUT2D eigenvalue weighted by molar-refractivity contribution is 5.95. The average molecular weight is 352 g/mol. The molecule has 0 radical (unpaired) electrons. The normalized spacial score (nSPS) is 16.2. The summed E-state index contributed by atoms with van der Waals surface area (Å²) in [6, 6.07) is 7.00. The molecule has 1 aliphatic heterocycles. The van der Waals surface area contributed by atoms with Crippen LogP contribution in [0.2, 0.25) is 0 Å². The van der Waals surface area contributed by atoms with Gasteiger partial charge in [0.15, 0.2) is 5.82 Å². The van der Waals surface area contributed by atoms with E-state index in [1.807, 2.05) is 35.9 Å². The fraction of sp³-hybridized carbons (Fsp3) is 0.438. The number of nitrogens with two attached hydrogens (primary N) is 1. The highest BCUT2D eigenvalue weighted by Crippen LogP contribution is 2.22. The number of rotatable bonds is 4. The smallest absolute Gasteiger partial charge is 0.241 e. The lowest BCUT2D eigenvalue weighted by atomic mass is 9.92. The predicted octanol–water partition coefficient (Wildman–Crippen LogP) is 1.60. The van der Waals surface area contributed by atoms with Gasteiger partial charge >= 0.3 is 0 Å². The molecule has 2 heterocycles. The standard InChI is InChI=1S/C16H21N5O2.ClH/c1-21-10-18-20-15(21)12-3-2-4-13(9-12)19-16(22)14(17)11-5-7-23-8-6-11;/h2-4,9-11,14H,5-8,17H2,1H3,(H,19,22);1H. The molecule has 1 saturated heterocycles. The van der Waals surface area contributed by atoms with Crippen molar-refractivity contribution in [2.24, 2.45) is 18.7 Å². The molecule has 130 valence electrons. The maximum absolute atomic E-state index is 12.4. The Labute approximate surface area is 147 Å². The molecule has 24 heavy (non-hydrogen) atoms. The van der Waals surface area contributed by atoms with E-state index in [9.17, 15) is 4.79 Å². The molecule has 1 fully saturated rings. The van der Waals surface area contributed by atoms with Crippen molar-refractivity contribution < 1.29 is 9.53 Å². The first kappa shape index (κ1) is 18.4. The second-order valence-electron chi connectivity index (χ2n) is 5.81. The Balaban J connectivity index is 0.00000208. The number of nitrogens with one attached hydrogen (secondary N) is 1. The van der Waals surface area contributed by atoms with Gasteiger partial charge in [-0.2, -0.15) is 0 Å². The predicted molar refractivity (Wildman–Crippen MR) is 93.8 cm³/mol. The third kappa shape index (κ3) is 4.11. The van der Waals surface area contributed by atoms with Crippen molar-refractivity contribution >= 4 is 24.0 Å². The van der Waals surface area contributed by atoms with Crippen LogP contribution >= 0.6 is 12.4 Å². The number of benzene rings is 1. The average Bonchev–Trinajstić information content (AvgIpc) is 3.01. The first-order valence-electron chi connectivity index (χ1n) is 7.74. The molecular formula is C16H22ClN5O2. The highest BCUT2D eigenvalue weighted by Gasteiger charge is 2.26. The first-order chi connectivity index (χ1) is 11.1. The van der Waals surface area contributed by atoms with E-state index >= 15 is 0 Å². The lowest BCUT2D eigenvalue weighted by Crippen LogP contribution is -2.44. The third-order valence-corrected chi connectivity index (χ3v) is 4.18. The molecule has 3 rings (SSSR count). The number of amides is 1. The number of halogens is 1. The molecule has 1 aromatic carbocycles. The zero-order chi connectivity index (χ0) is 16.2. The number of carbonyl (C=O) groups excluding carboxylic acids is 1. The van der Waals surface area contributed by atoms with E-state index in [1.54, 1.807) is 6.33 Å². The molecule has 3 N–H and O–H groups in total. The van der Waals surface area contributed by atoms with Crippen LogP contribution in [-0.4, -0.2) is 39.9 Å². The summed E-state index contributed by atoms with van der Waals surface area (Å²) in [6.07, 6.45) is 3.29.